The van der Waals surface area contributed by atoms with Gasteiger partial charge in [-0.2, -0.15) is 0 Å². The minimum Gasteiger partial charge on any atom is -0.0738 e. The Bertz CT molecular complexity index is 662. The largest absolute Gasteiger partial charge is 0.121 e. The number of hydrogen-bond donors (Lipinski definition) is 0. The van der Waals surface area contributed by atoms with E-state index in [1.807, 2.05) is 0 Å². The summed E-state index contributed by atoms with van der Waals surface area (Å²) in [6.45, 7) is 16.1. The van der Waals surface area contributed by atoms with Gasteiger partial charge in [0.25, 0.3) is 0 Å². The van der Waals surface area contributed by atoms with Crippen molar-refractivity contribution in [3.8, 4) is 0 Å². The fourth-order valence-corrected chi connectivity index (χ4v) is 12.8. The van der Waals surface area contributed by atoms with E-state index in [9.17, 15) is 0 Å². The maximum atomic E-state index is 2.76. The molecule has 0 amide bonds. The zero-order chi connectivity index (χ0) is 21.8. The van der Waals surface area contributed by atoms with Crippen LogP contribution in [0, 0.1) is 69.0 Å². The molecule has 0 aliphatic heterocycles. The lowest BCUT2D eigenvalue weighted by Gasteiger charge is -2.44. The predicted octanol–water partition coefficient (Wildman–Crippen LogP) is 8.24. The van der Waals surface area contributed by atoms with Gasteiger partial charge >= 0.3 is 0 Å². The van der Waals surface area contributed by atoms with Gasteiger partial charge in [0.2, 0.25) is 0 Å². The average molecular weight is 423 g/mol. The van der Waals surface area contributed by atoms with Crippen LogP contribution in [0.3, 0.4) is 0 Å². The second-order valence-electron chi connectivity index (χ2n) is 15.6. The summed E-state index contributed by atoms with van der Waals surface area (Å²) in [5, 5.41) is 0. The van der Waals surface area contributed by atoms with Crippen LogP contribution in [0.4, 0.5) is 0 Å². The summed E-state index contributed by atoms with van der Waals surface area (Å²) in [5.41, 5.74) is 2.60. The van der Waals surface area contributed by atoms with E-state index in [1.165, 1.54) is 25.7 Å². The van der Waals surface area contributed by atoms with Gasteiger partial charge in [0.1, 0.15) is 7.28 Å². The molecule has 0 aromatic rings. The minimum absolute atomic E-state index is 0.608. The van der Waals surface area contributed by atoms with Gasteiger partial charge in [-0.15, -0.1) is 0 Å². The number of rotatable bonds is 4. The highest BCUT2D eigenvalue weighted by Crippen LogP contribution is 2.73. The molecule has 2 unspecified atom stereocenters. The molecule has 6 aliphatic carbocycles. The van der Waals surface area contributed by atoms with Crippen molar-refractivity contribution in [2.75, 3.05) is 0 Å². The maximum Gasteiger partial charge on any atom is 0.121 e. The molecule has 8 bridgehead atoms. The number of hydrogen-bond acceptors (Lipinski definition) is 0. The third kappa shape index (κ3) is 2.79. The van der Waals surface area contributed by atoms with Crippen molar-refractivity contribution in [3.05, 3.63) is 0 Å². The Morgan fingerprint density at radius 3 is 1.42 bits per heavy atom. The van der Waals surface area contributed by atoms with Crippen LogP contribution in [0.5, 0.6) is 0 Å². The molecule has 174 valence electrons. The smallest absolute Gasteiger partial charge is 0.0738 e. The van der Waals surface area contributed by atoms with E-state index in [0.717, 1.165) is 47.3 Å². The monoisotopic (exact) mass is 422 g/mol. The summed E-state index contributed by atoms with van der Waals surface area (Å²) < 4.78 is 0. The molecular weight excluding hydrogens is 371 g/mol. The van der Waals surface area contributed by atoms with Gasteiger partial charge in [0, 0.05) is 0 Å². The van der Waals surface area contributed by atoms with E-state index in [-0.39, 0.29) is 0 Å². The van der Waals surface area contributed by atoms with Crippen molar-refractivity contribution in [3.63, 3.8) is 0 Å². The van der Waals surface area contributed by atoms with E-state index in [4.69, 9.17) is 0 Å². The highest BCUT2D eigenvalue weighted by Gasteiger charge is 2.66. The Hall–Kier alpha value is 0.0649. The lowest BCUT2D eigenvalue weighted by molar-refractivity contribution is 0.0939. The first-order chi connectivity index (χ1) is 14.6. The molecular formula is C30H51B. The van der Waals surface area contributed by atoms with Crippen LogP contribution in [0.2, 0.25) is 12.6 Å². The minimum atomic E-state index is 0.608. The molecule has 0 nitrogen and oxygen atoms in total. The zero-order valence-electron chi connectivity index (χ0n) is 21.8. The lowest BCUT2D eigenvalue weighted by Crippen LogP contribution is -2.36. The summed E-state index contributed by atoms with van der Waals surface area (Å²) in [6, 6.07) is 0. The zero-order valence-corrected chi connectivity index (χ0v) is 21.8. The van der Waals surface area contributed by atoms with Crippen LogP contribution < -0.4 is 0 Å². The van der Waals surface area contributed by atoms with Crippen LogP contribution in [-0.2, 0) is 0 Å². The summed E-state index contributed by atoms with van der Waals surface area (Å²) in [5.74, 6) is 8.47. The van der Waals surface area contributed by atoms with Gasteiger partial charge in [0.15, 0.2) is 0 Å². The second-order valence-corrected chi connectivity index (χ2v) is 15.6. The fourth-order valence-electron chi connectivity index (χ4n) is 12.8. The molecule has 1 heteroatoms. The molecule has 6 rings (SSSR count). The standard InChI is InChI=1S/C30H51B/c1-27(2)13-7-15-29(5)21-11-9-19(25(21)27)23(29)17-31-18-24-20-10-12-22-26(20)28(3,4)14-8-16-30(22,24)6/h19-26,31H,7-18H2,1-6H3/t19-,20-,21-,22-,23-,24-,25?,26?,29+,30+/m1/s1. The highest BCUT2D eigenvalue weighted by atomic mass is 14.7. The van der Waals surface area contributed by atoms with Gasteiger partial charge in [-0.1, -0.05) is 67.0 Å². The Balaban J connectivity index is 1.18. The molecule has 6 fully saturated rings. The van der Waals surface area contributed by atoms with Gasteiger partial charge in [-0.25, -0.2) is 0 Å². The van der Waals surface area contributed by atoms with Crippen molar-refractivity contribution >= 4 is 7.28 Å². The molecule has 0 spiro atoms. The summed E-state index contributed by atoms with van der Waals surface area (Å²) in [6.07, 6.45) is 18.5. The molecule has 6 aliphatic rings. The van der Waals surface area contributed by atoms with E-state index < -0.39 is 0 Å². The van der Waals surface area contributed by atoms with E-state index in [1.54, 1.807) is 58.4 Å². The molecule has 6 saturated carbocycles. The lowest BCUT2D eigenvalue weighted by atomic mass is 9.50. The third-order valence-corrected chi connectivity index (χ3v) is 13.7. The Morgan fingerprint density at radius 2 is 1.00 bits per heavy atom. The Morgan fingerprint density at radius 1 is 0.581 bits per heavy atom. The fraction of sp³-hybridized carbons (Fsp3) is 1.00. The van der Waals surface area contributed by atoms with Crippen LogP contribution in [0.1, 0.15) is 106 Å². The van der Waals surface area contributed by atoms with Gasteiger partial charge in [0.05, 0.1) is 0 Å². The molecule has 0 heterocycles. The van der Waals surface area contributed by atoms with Crippen molar-refractivity contribution in [1.82, 2.24) is 0 Å². The van der Waals surface area contributed by atoms with Crippen LogP contribution in [0.25, 0.3) is 0 Å². The first kappa shape index (κ1) is 21.6. The summed E-state index contributed by atoms with van der Waals surface area (Å²) in [4.78, 5) is 0. The quantitative estimate of drug-likeness (QED) is 0.400. The maximum absolute atomic E-state index is 2.76. The Kier molecular flexibility index (Phi) is 4.74. The van der Waals surface area contributed by atoms with E-state index >= 15 is 0 Å². The first-order valence-corrected chi connectivity index (χ1v) is 14.6. The molecule has 0 aromatic carbocycles. The third-order valence-electron chi connectivity index (χ3n) is 13.7. The van der Waals surface area contributed by atoms with Gasteiger partial charge < -0.3 is 0 Å². The average Bonchev–Trinajstić information content (AvgIpc) is 3.37. The van der Waals surface area contributed by atoms with Crippen LogP contribution >= 0.6 is 0 Å². The topological polar surface area (TPSA) is 0 Å². The molecule has 0 saturated heterocycles. The Labute approximate surface area is 194 Å². The van der Waals surface area contributed by atoms with E-state index in [2.05, 4.69) is 41.5 Å². The summed E-state index contributed by atoms with van der Waals surface area (Å²) >= 11 is 0. The molecule has 0 N–H and O–H groups in total. The molecule has 10 atom stereocenters. The highest BCUT2D eigenvalue weighted by molar-refractivity contribution is 6.35. The normalized spacial score (nSPS) is 55.8. The van der Waals surface area contributed by atoms with Gasteiger partial charge in [-0.05, 0) is 120 Å². The van der Waals surface area contributed by atoms with Gasteiger partial charge in [-0.3, -0.25) is 0 Å². The SMILES string of the molecule is CC1(C)CCC[C@@]2(C)[C@@H]3CC[C@@H](C31)[C@H]2CBC[C@@H]1[C@H]2CC[C@@H]3C2C(C)(C)CCC[C@@]31C. The predicted molar refractivity (Wildman–Crippen MR) is 135 cm³/mol. The van der Waals surface area contributed by atoms with Crippen LogP contribution in [-0.4, -0.2) is 7.28 Å². The molecule has 0 radical (unpaired) electrons. The molecule has 31 heavy (non-hydrogen) atoms. The van der Waals surface area contributed by atoms with Crippen LogP contribution in [0.15, 0.2) is 0 Å². The first-order valence-electron chi connectivity index (χ1n) is 14.6. The van der Waals surface area contributed by atoms with E-state index in [0.29, 0.717) is 21.7 Å². The van der Waals surface area contributed by atoms with Crippen molar-refractivity contribution in [2.45, 2.75) is 118 Å². The molecule has 0 aromatic heterocycles. The van der Waals surface area contributed by atoms with Crippen molar-refractivity contribution in [2.24, 2.45) is 69.0 Å². The van der Waals surface area contributed by atoms with Crippen molar-refractivity contribution < 1.29 is 0 Å². The van der Waals surface area contributed by atoms with Crippen molar-refractivity contribution in [1.29, 1.82) is 0 Å². The summed E-state index contributed by atoms with van der Waals surface area (Å²) in [7, 11) is 1.55. The second kappa shape index (κ2) is 6.81.